The van der Waals surface area contributed by atoms with Crippen LogP contribution in [0, 0.1) is 5.92 Å². The van der Waals surface area contributed by atoms with Gasteiger partial charge in [0.05, 0.1) is 6.54 Å². The van der Waals surface area contributed by atoms with Crippen LogP contribution in [0.15, 0.2) is 0 Å². The molecule has 0 spiro atoms. The Labute approximate surface area is 81.1 Å². The van der Waals surface area contributed by atoms with E-state index < -0.39 is 18.6 Å². The third-order valence-corrected chi connectivity index (χ3v) is 1.48. The molecule has 0 aromatic heterocycles. The number of rotatable bonds is 4. The molecule has 0 fully saturated rings. The van der Waals surface area contributed by atoms with Gasteiger partial charge in [-0.05, 0) is 5.92 Å². The molecule has 0 atom stereocenters. The van der Waals surface area contributed by atoms with E-state index in [1.165, 1.54) is 0 Å². The second-order valence-corrected chi connectivity index (χ2v) is 3.49. The Balaban J connectivity index is 4.33. The quantitative estimate of drug-likeness (QED) is 0.755. The number of halogens is 3. The largest absolute Gasteiger partial charge is 0.406 e. The van der Waals surface area contributed by atoms with Gasteiger partial charge in [0.25, 0.3) is 0 Å². The van der Waals surface area contributed by atoms with Gasteiger partial charge in [0, 0.05) is 6.54 Å². The number of carbonyl (C=O) groups excluding carboxylic acids is 1. The third-order valence-electron chi connectivity index (χ3n) is 1.48. The van der Waals surface area contributed by atoms with Gasteiger partial charge in [-0.3, -0.25) is 4.79 Å². The first-order valence-corrected chi connectivity index (χ1v) is 4.31. The predicted molar refractivity (Wildman–Crippen MR) is 46.5 cm³/mol. The molecule has 0 rings (SSSR count). The molecule has 0 aliphatic heterocycles. The van der Waals surface area contributed by atoms with Crippen molar-refractivity contribution in [3.63, 3.8) is 0 Å². The van der Waals surface area contributed by atoms with Gasteiger partial charge in [-0.1, -0.05) is 13.8 Å². The minimum atomic E-state index is -4.36. The first-order chi connectivity index (χ1) is 6.26. The SMILES string of the molecule is CC(C)CN(CC(F)(F)F)C(=O)CN. The first-order valence-electron chi connectivity index (χ1n) is 4.31. The van der Waals surface area contributed by atoms with Gasteiger partial charge in [0.2, 0.25) is 5.91 Å². The fourth-order valence-corrected chi connectivity index (χ4v) is 1.04. The molecule has 14 heavy (non-hydrogen) atoms. The van der Waals surface area contributed by atoms with Crippen molar-refractivity contribution in [2.24, 2.45) is 11.7 Å². The lowest BCUT2D eigenvalue weighted by Gasteiger charge is -2.25. The van der Waals surface area contributed by atoms with E-state index in [0.717, 1.165) is 4.90 Å². The van der Waals surface area contributed by atoms with Crippen LogP contribution in [0.4, 0.5) is 13.2 Å². The Bertz CT molecular complexity index is 192. The smallest absolute Gasteiger partial charge is 0.332 e. The van der Waals surface area contributed by atoms with Gasteiger partial charge < -0.3 is 10.6 Å². The molecule has 6 heteroatoms. The fourth-order valence-electron chi connectivity index (χ4n) is 1.04. The summed E-state index contributed by atoms with van der Waals surface area (Å²) in [5.41, 5.74) is 5.01. The molecule has 0 heterocycles. The number of carbonyl (C=O) groups is 1. The van der Waals surface area contributed by atoms with Crippen molar-refractivity contribution in [2.45, 2.75) is 20.0 Å². The van der Waals surface area contributed by atoms with Gasteiger partial charge in [-0.2, -0.15) is 13.2 Å². The maximum atomic E-state index is 12.0. The van der Waals surface area contributed by atoms with Crippen LogP contribution in [0.5, 0.6) is 0 Å². The Morgan fingerprint density at radius 2 is 1.93 bits per heavy atom. The molecule has 0 aliphatic rings. The first kappa shape index (κ1) is 13.2. The van der Waals surface area contributed by atoms with E-state index in [-0.39, 0.29) is 19.0 Å². The third kappa shape index (κ3) is 5.80. The van der Waals surface area contributed by atoms with Crippen LogP contribution < -0.4 is 5.73 Å². The Morgan fingerprint density at radius 3 is 2.21 bits per heavy atom. The summed E-state index contributed by atoms with van der Waals surface area (Å²) in [5.74, 6) is -0.677. The summed E-state index contributed by atoms with van der Waals surface area (Å²) in [4.78, 5) is 11.8. The molecule has 0 saturated heterocycles. The summed E-state index contributed by atoms with van der Waals surface area (Å²) in [6.07, 6.45) is -4.36. The summed E-state index contributed by atoms with van der Waals surface area (Å²) in [6, 6.07) is 0. The molecule has 0 radical (unpaired) electrons. The second kappa shape index (κ2) is 5.19. The number of hydrogen-bond donors (Lipinski definition) is 1. The lowest BCUT2D eigenvalue weighted by atomic mass is 10.2. The second-order valence-electron chi connectivity index (χ2n) is 3.49. The summed E-state index contributed by atoms with van der Waals surface area (Å²) in [6.45, 7) is 1.96. The average molecular weight is 212 g/mol. The van der Waals surface area contributed by atoms with Gasteiger partial charge >= 0.3 is 6.18 Å². The summed E-state index contributed by atoms with van der Waals surface area (Å²) >= 11 is 0. The minimum absolute atomic E-state index is 0.00662. The van der Waals surface area contributed by atoms with Crippen LogP contribution in [-0.2, 0) is 4.79 Å². The number of alkyl halides is 3. The Morgan fingerprint density at radius 1 is 1.43 bits per heavy atom. The Hall–Kier alpha value is -0.780. The number of amides is 1. The topological polar surface area (TPSA) is 46.3 Å². The molecule has 0 bridgehead atoms. The molecule has 0 saturated carbocycles. The van der Waals surface area contributed by atoms with E-state index in [0.29, 0.717) is 0 Å². The molecule has 0 aromatic carbocycles. The van der Waals surface area contributed by atoms with E-state index in [2.05, 4.69) is 0 Å². The van der Waals surface area contributed by atoms with Gasteiger partial charge in [-0.25, -0.2) is 0 Å². The highest BCUT2D eigenvalue weighted by Crippen LogP contribution is 2.17. The normalized spacial score (nSPS) is 11.9. The van der Waals surface area contributed by atoms with E-state index in [4.69, 9.17) is 5.73 Å². The van der Waals surface area contributed by atoms with Gasteiger partial charge in [-0.15, -0.1) is 0 Å². The summed E-state index contributed by atoms with van der Waals surface area (Å²) in [5, 5.41) is 0. The van der Waals surface area contributed by atoms with Crippen LogP contribution in [-0.4, -0.2) is 36.6 Å². The molecule has 84 valence electrons. The molecule has 3 nitrogen and oxygen atoms in total. The van der Waals surface area contributed by atoms with Crippen LogP contribution >= 0.6 is 0 Å². The van der Waals surface area contributed by atoms with Crippen molar-refractivity contribution >= 4 is 5.91 Å². The summed E-state index contributed by atoms with van der Waals surface area (Å²) in [7, 11) is 0. The number of nitrogens with two attached hydrogens (primary N) is 1. The van der Waals surface area contributed by atoms with Crippen LogP contribution in [0.2, 0.25) is 0 Å². The van der Waals surface area contributed by atoms with Crippen molar-refractivity contribution in [1.82, 2.24) is 4.90 Å². The van der Waals surface area contributed by atoms with Crippen molar-refractivity contribution in [2.75, 3.05) is 19.6 Å². The zero-order chi connectivity index (χ0) is 11.4. The molecule has 1 amide bonds. The van der Waals surface area contributed by atoms with Crippen molar-refractivity contribution in [1.29, 1.82) is 0 Å². The molecular weight excluding hydrogens is 197 g/mol. The highest BCUT2D eigenvalue weighted by molar-refractivity contribution is 5.78. The maximum Gasteiger partial charge on any atom is 0.406 e. The molecule has 2 N–H and O–H groups in total. The van der Waals surface area contributed by atoms with E-state index in [1.54, 1.807) is 13.8 Å². The van der Waals surface area contributed by atoms with E-state index in [9.17, 15) is 18.0 Å². The van der Waals surface area contributed by atoms with Crippen LogP contribution in [0.1, 0.15) is 13.8 Å². The van der Waals surface area contributed by atoms with Crippen molar-refractivity contribution < 1.29 is 18.0 Å². The standard InChI is InChI=1S/C8H15F3N2O/c1-6(2)4-13(7(14)3-12)5-8(9,10)11/h6H,3-5,12H2,1-2H3. The van der Waals surface area contributed by atoms with Crippen molar-refractivity contribution in [3.05, 3.63) is 0 Å². The lowest BCUT2D eigenvalue weighted by Crippen LogP contribution is -2.43. The van der Waals surface area contributed by atoms with E-state index in [1.807, 2.05) is 0 Å². The van der Waals surface area contributed by atoms with Gasteiger partial charge in [0.15, 0.2) is 0 Å². The molecule has 0 aromatic rings. The molecular formula is C8H15F3N2O. The zero-order valence-electron chi connectivity index (χ0n) is 8.27. The van der Waals surface area contributed by atoms with Gasteiger partial charge in [0.1, 0.15) is 6.54 Å². The van der Waals surface area contributed by atoms with Crippen molar-refractivity contribution in [3.8, 4) is 0 Å². The number of hydrogen-bond acceptors (Lipinski definition) is 2. The number of nitrogens with zero attached hydrogens (tertiary/aromatic N) is 1. The van der Waals surface area contributed by atoms with Crippen LogP contribution in [0.25, 0.3) is 0 Å². The highest BCUT2D eigenvalue weighted by atomic mass is 19.4. The van der Waals surface area contributed by atoms with Crippen LogP contribution in [0.3, 0.4) is 0 Å². The zero-order valence-corrected chi connectivity index (χ0v) is 8.27. The maximum absolute atomic E-state index is 12.0. The molecule has 0 unspecified atom stereocenters. The predicted octanol–water partition coefficient (Wildman–Crippen LogP) is 0.992. The Kier molecular flexibility index (Phi) is 4.90. The fraction of sp³-hybridized carbons (Fsp3) is 0.875. The minimum Gasteiger partial charge on any atom is -0.332 e. The lowest BCUT2D eigenvalue weighted by molar-refractivity contribution is -0.161. The average Bonchev–Trinajstić information content (AvgIpc) is 1.98. The highest BCUT2D eigenvalue weighted by Gasteiger charge is 2.32. The monoisotopic (exact) mass is 212 g/mol. The summed E-state index contributed by atoms with van der Waals surface area (Å²) < 4.78 is 36.1. The van der Waals surface area contributed by atoms with E-state index >= 15 is 0 Å². The molecule has 0 aliphatic carbocycles.